The van der Waals surface area contributed by atoms with E-state index >= 15 is 0 Å². The van der Waals surface area contributed by atoms with Crippen LogP contribution in [0.15, 0.2) is 0 Å². The van der Waals surface area contributed by atoms with Crippen LogP contribution in [0.2, 0.25) is 0 Å². The summed E-state index contributed by atoms with van der Waals surface area (Å²) in [6, 6.07) is 0.709. The summed E-state index contributed by atoms with van der Waals surface area (Å²) < 4.78 is 0. The molecule has 2 fully saturated rings. The predicted octanol–water partition coefficient (Wildman–Crippen LogP) is 2.82. The molecule has 1 heterocycles. The minimum Gasteiger partial charge on any atom is -0.316 e. The number of nitrogens with zero attached hydrogens (tertiary/aromatic N) is 2. The third-order valence-corrected chi connectivity index (χ3v) is 5.41. The second kappa shape index (κ2) is 7.94. The van der Waals surface area contributed by atoms with E-state index in [9.17, 15) is 0 Å². The van der Waals surface area contributed by atoms with Crippen molar-refractivity contribution in [2.24, 2.45) is 11.3 Å². The monoisotopic (exact) mass is 295 g/mol. The minimum atomic E-state index is 0.564. The van der Waals surface area contributed by atoms with E-state index in [1.807, 2.05) is 0 Å². The second-order valence-corrected chi connectivity index (χ2v) is 8.14. The van der Waals surface area contributed by atoms with Crippen LogP contribution < -0.4 is 5.32 Å². The predicted molar refractivity (Wildman–Crippen MR) is 91.8 cm³/mol. The van der Waals surface area contributed by atoms with Gasteiger partial charge in [-0.05, 0) is 44.6 Å². The molecule has 0 aromatic carbocycles. The molecule has 1 saturated heterocycles. The van der Waals surface area contributed by atoms with Crippen molar-refractivity contribution in [2.75, 3.05) is 45.8 Å². The zero-order chi connectivity index (χ0) is 15.3. The number of hydrogen-bond donors (Lipinski definition) is 1. The van der Waals surface area contributed by atoms with Crippen LogP contribution in [0.3, 0.4) is 0 Å². The van der Waals surface area contributed by atoms with Crippen molar-refractivity contribution in [3.05, 3.63) is 0 Å². The first-order chi connectivity index (χ1) is 10.0. The lowest BCUT2D eigenvalue weighted by atomic mass is 9.85. The van der Waals surface area contributed by atoms with E-state index in [0.29, 0.717) is 11.5 Å². The summed E-state index contributed by atoms with van der Waals surface area (Å²) in [5, 5.41) is 3.75. The van der Waals surface area contributed by atoms with Gasteiger partial charge in [-0.15, -0.1) is 0 Å². The molecule has 0 bridgehead atoms. The van der Waals surface area contributed by atoms with E-state index in [0.717, 1.165) is 5.92 Å². The van der Waals surface area contributed by atoms with E-state index in [2.05, 4.69) is 42.8 Å². The van der Waals surface area contributed by atoms with Gasteiger partial charge < -0.3 is 10.2 Å². The summed E-state index contributed by atoms with van der Waals surface area (Å²) in [4.78, 5) is 5.36. The van der Waals surface area contributed by atoms with E-state index in [-0.39, 0.29) is 0 Å². The van der Waals surface area contributed by atoms with Crippen molar-refractivity contribution in [2.45, 2.75) is 59.4 Å². The molecule has 21 heavy (non-hydrogen) atoms. The highest BCUT2D eigenvalue weighted by Crippen LogP contribution is 2.38. The first-order valence-electron chi connectivity index (χ1n) is 9.18. The fourth-order valence-electron chi connectivity index (χ4n) is 4.05. The van der Waals surface area contributed by atoms with Crippen LogP contribution in [0.1, 0.15) is 53.4 Å². The molecule has 0 spiro atoms. The second-order valence-electron chi connectivity index (χ2n) is 8.14. The molecule has 3 heteroatoms. The van der Waals surface area contributed by atoms with E-state index in [4.69, 9.17) is 0 Å². The molecule has 1 N–H and O–H groups in total. The summed E-state index contributed by atoms with van der Waals surface area (Å²) >= 11 is 0. The maximum Gasteiger partial charge on any atom is 0.0113 e. The van der Waals surface area contributed by atoms with Crippen molar-refractivity contribution in [3.8, 4) is 0 Å². The molecule has 1 aliphatic carbocycles. The molecule has 0 aromatic heterocycles. The van der Waals surface area contributed by atoms with E-state index in [1.165, 1.54) is 71.5 Å². The van der Waals surface area contributed by atoms with Crippen LogP contribution >= 0.6 is 0 Å². The number of rotatable bonds is 7. The molecule has 124 valence electrons. The molecule has 2 rings (SSSR count). The Balaban J connectivity index is 1.80. The molecular weight excluding hydrogens is 258 g/mol. The third kappa shape index (κ3) is 5.22. The Hall–Kier alpha value is -0.120. The van der Waals surface area contributed by atoms with Crippen molar-refractivity contribution in [1.82, 2.24) is 15.1 Å². The Morgan fingerprint density at radius 1 is 0.952 bits per heavy atom. The Labute approximate surface area is 132 Å². The SMILES string of the molecule is CC(C)CNCC1(CN2CCN(C(C)C)CC2)CCCC1. The Kier molecular flexibility index (Phi) is 6.51. The molecule has 1 saturated carbocycles. The molecule has 0 amide bonds. The zero-order valence-electron chi connectivity index (χ0n) is 14.8. The van der Waals surface area contributed by atoms with E-state index < -0.39 is 0 Å². The normalized spacial score (nSPS) is 24.3. The molecule has 3 nitrogen and oxygen atoms in total. The summed E-state index contributed by atoms with van der Waals surface area (Å²) in [6.45, 7) is 18.0. The Bertz CT molecular complexity index is 287. The van der Waals surface area contributed by atoms with Crippen LogP contribution in [0, 0.1) is 11.3 Å². The molecule has 0 atom stereocenters. The topological polar surface area (TPSA) is 18.5 Å². The fourth-order valence-corrected chi connectivity index (χ4v) is 4.05. The van der Waals surface area contributed by atoms with Gasteiger partial charge >= 0.3 is 0 Å². The van der Waals surface area contributed by atoms with Gasteiger partial charge in [0.15, 0.2) is 0 Å². The average molecular weight is 296 g/mol. The quantitative estimate of drug-likeness (QED) is 0.779. The van der Waals surface area contributed by atoms with Crippen molar-refractivity contribution < 1.29 is 0 Å². The lowest BCUT2D eigenvalue weighted by molar-refractivity contribution is 0.0709. The van der Waals surface area contributed by atoms with Gasteiger partial charge in [-0.1, -0.05) is 26.7 Å². The van der Waals surface area contributed by atoms with Crippen LogP contribution in [0.4, 0.5) is 0 Å². The lowest BCUT2D eigenvalue weighted by Crippen LogP contribution is -2.52. The zero-order valence-corrected chi connectivity index (χ0v) is 14.8. The summed E-state index contributed by atoms with van der Waals surface area (Å²) in [6.07, 6.45) is 5.75. The number of piperazine rings is 1. The van der Waals surface area contributed by atoms with Gasteiger partial charge in [-0.25, -0.2) is 0 Å². The smallest absolute Gasteiger partial charge is 0.0113 e. The molecule has 0 unspecified atom stereocenters. The summed E-state index contributed by atoms with van der Waals surface area (Å²) in [7, 11) is 0. The van der Waals surface area contributed by atoms with Crippen LogP contribution in [-0.2, 0) is 0 Å². The maximum atomic E-state index is 3.75. The van der Waals surface area contributed by atoms with Gasteiger partial charge in [0.1, 0.15) is 0 Å². The molecule has 0 radical (unpaired) electrons. The van der Waals surface area contributed by atoms with Crippen molar-refractivity contribution in [1.29, 1.82) is 0 Å². The highest BCUT2D eigenvalue weighted by atomic mass is 15.3. The third-order valence-electron chi connectivity index (χ3n) is 5.41. The van der Waals surface area contributed by atoms with Gasteiger partial charge in [-0.2, -0.15) is 0 Å². The van der Waals surface area contributed by atoms with Gasteiger partial charge in [0.25, 0.3) is 0 Å². The standard InChI is InChI=1S/C18H37N3/c1-16(2)13-19-14-18(7-5-6-8-18)15-20-9-11-21(12-10-20)17(3)4/h16-17,19H,5-15H2,1-4H3. The van der Waals surface area contributed by atoms with Crippen LogP contribution in [0.5, 0.6) is 0 Å². The Morgan fingerprint density at radius 2 is 1.57 bits per heavy atom. The minimum absolute atomic E-state index is 0.564. The van der Waals surface area contributed by atoms with Gasteiger partial charge in [0.2, 0.25) is 0 Å². The molecule has 1 aliphatic heterocycles. The first-order valence-corrected chi connectivity index (χ1v) is 9.18. The van der Waals surface area contributed by atoms with Gasteiger partial charge in [0.05, 0.1) is 0 Å². The Morgan fingerprint density at radius 3 is 2.10 bits per heavy atom. The van der Waals surface area contributed by atoms with E-state index in [1.54, 1.807) is 0 Å². The van der Waals surface area contributed by atoms with Gasteiger partial charge in [-0.3, -0.25) is 4.90 Å². The number of hydrogen-bond acceptors (Lipinski definition) is 3. The van der Waals surface area contributed by atoms with Crippen molar-refractivity contribution >= 4 is 0 Å². The van der Waals surface area contributed by atoms with Crippen LogP contribution in [0.25, 0.3) is 0 Å². The average Bonchev–Trinajstić information content (AvgIpc) is 2.87. The highest BCUT2D eigenvalue weighted by Gasteiger charge is 2.36. The summed E-state index contributed by atoms with van der Waals surface area (Å²) in [5.41, 5.74) is 0.564. The molecule has 2 aliphatic rings. The van der Waals surface area contributed by atoms with Crippen LogP contribution in [-0.4, -0.2) is 61.7 Å². The molecule has 0 aromatic rings. The van der Waals surface area contributed by atoms with Gasteiger partial charge in [0, 0.05) is 45.3 Å². The first kappa shape index (κ1) is 17.2. The molecular formula is C18H37N3. The lowest BCUT2D eigenvalue weighted by Gasteiger charge is -2.41. The number of nitrogens with one attached hydrogen (secondary N) is 1. The van der Waals surface area contributed by atoms with Crippen molar-refractivity contribution in [3.63, 3.8) is 0 Å². The highest BCUT2D eigenvalue weighted by molar-refractivity contribution is 4.91. The maximum absolute atomic E-state index is 3.75. The largest absolute Gasteiger partial charge is 0.316 e. The summed E-state index contributed by atoms with van der Waals surface area (Å²) in [5.74, 6) is 0.762. The fraction of sp³-hybridized carbons (Fsp3) is 1.00.